The van der Waals surface area contributed by atoms with Crippen LogP contribution in [-0.2, 0) is 13.0 Å². The number of piperazine rings is 1. The molecule has 0 saturated carbocycles. The summed E-state index contributed by atoms with van der Waals surface area (Å²) in [5, 5.41) is 6.91. The second-order valence-corrected chi connectivity index (χ2v) is 9.28. The molecule has 0 bridgehead atoms. The highest BCUT2D eigenvalue weighted by atomic mass is 35.5. The average molecular weight is 568 g/mol. The van der Waals surface area contributed by atoms with Gasteiger partial charge in [0.05, 0.1) is 44.0 Å². The van der Waals surface area contributed by atoms with Crippen LogP contribution >= 0.6 is 36.4 Å². The first-order valence-electron chi connectivity index (χ1n) is 11.9. The molecular weight excluding hydrogens is 535 g/mol. The van der Waals surface area contributed by atoms with Crippen LogP contribution in [0.2, 0.25) is 5.02 Å². The van der Waals surface area contributed by atoms with Crippen molar-refractivity contribution in [1.82, 2.24) is 24.6 Å². The Labute approximate surface area is 234 Å². The highest BCUT2D eigenvalue weighted by Crippen LogP contribution is 2.34. The number of H-pyrrole nitrogens is 1. The van der Waals surface area contributed by atoms with Gasteiger partial charge in [0.15, 0.2) is 11.5 Å². The number of rotatable bonds is 8. The van der Waals surface area contributed by atoms with Gasteiger partial charge in [-0.05, 0) is 30.7 Å². The van der Waals surface area contributed by atoms with Crippen molar-refractivity contribution in [3.8, 4) is 11.5 Å². The van der Waals surface area contributed by atoms with Crippen LogP contribution in [0.25, 0.3) is 10.9 Å². The van der Waals surface area contributed by atoms with Crippen molar-refractivity contribution < 1.29 is 9.47 Å². The van der Waals surface area contributed by atoms with Gasteiger partial charge in [0.25, 0.3) is 0 Å². The second kappa shape index (κ2) is 12.7. The number of benzene rings is 2. The second-order valence-electron chi connectivity index (χ2n) is 8.87. The summed E-state index contributed by atoms with van der Waals surface area (Å²) in [6.07, 6.45) is 4.38. The van der Waals surface area contributed by atoms with Crippen LogP contribution in [0.5, 0.6) is 11.5 Å². The Kier molecular flexibility index (Phi) is 9.95. The zero-order valence-electron chi connectivity index (χ0n) is 21.2. The number of nitrogens with one attached hydrogen (secondary N) is 1. The number of imidazole rings is 1. The minimum absolute atomic E-state index is 0. The number of methoxy groups -OCH3 is 2. The lowest BCUT2D eigenvalue weighted by atomic mass is 10.1. The molecule has 8 nitrogen and oxygen atoms in total. The molecule has 0 aliphatic carbocycles. The lowest BCUT2D eigenvalue weighted by molar-refractivity contribution is 0.260. The summed E-state index contributed by atoms with van der Waals surface area (Å²) in [4.78, 5) is 12.3. The summed E-state index contributed by atoms with van der Waals surface area (Å²) in [6, 6.07) is 10.2. The van der Waals surface area contributed by atoms with E-state index in [2.05, 4.69) is 32.8 Å². The molecule has 11 heteroatoms. The number of hydrogen-bond donors (Lipinski definition) is 1. The zero-order valence-corrected chi connectivity index (χ0v) is 23.6. The predicted octanol–water partition coefficient (Wildman–Crippen LogP) is 5.00. The van der Waals surface area contributed by atoms with Crippen LogP contribution in [0, 0.1) is 6.92 Å². The fourth-order valence-electron chi connectivity index (χ4n) is 4.82. The molecule has 1 fully saturated rings. The summed E-state index contributed by atoms with van der Waals surface area (Å²) >= 11 is 6.35. The van der Waals surface area contributed by atoms with E-state index in [4.69, 9.17) is 26.2 Å². The van der Waals surface area contributed by atoms with Gasteiger partial charge in [-0.3, -0.25) is 9.58 Å². The Balaban J connectivity index is 0.00000190. The maximum Gasteiger partial charge on any atom is 0.162 e. The van der Waals surface area contributed by atoms with E-state index in [0.717, 1.165) is 72.0 Å². The van der Waals surface area contributed by atoms with E-state index >= 15 is 0 Å². The van der Waals surface area contributed by atoms with Gasteiger partial charge < -0.3 is 19.4 Å². The summed E-state index contributed by atoms with van der Waals surface area (Å²) in [7, 11) is 3.32. The van der Waals surface area contributed by atoms with Gasteiger partial charge >= 0.3 is 0 Å². The lowest BCUT2D eigenvalue weighted by Gasteiger charge is -2.36. The first kappa shape index (κ1) is 28.9. The summed E-state index contributed by atoms with van der Waals surface area (Å²) in [5.41, 5.74) is 5.48. The molecule has 2 aromatic heterocycles. The summed E-state index contributed by atoms with van der Waals surface area (Å²) in [5.74, 6) is 1.41. The maximum atomic E-state index is 6.35. The molecule has 5 rings (SSSR count). The van der Waals surface area contributed by atoms with Crippen LogP contribution < -0.4 is 14.4 Å². The van der Waals surface area contributed by atoms with Gasteiger partial charge in [-0.25, -0.2) is 4.98 Å². The first-order valence-corrected chi connectivity index (χ1v) is 12.3. The van der Waals surface area contributed by atoms with Crippen LogP contribution in [0.4, 0.5) is 5.69 Å². The molecule has 1 saturated heterocycles. The Morgan fingerprint density at radius 2 is 1.76 bits per heavy atom. The van der Waals surface area contributed by atoms with Crippen LogP contribution in [-0.4, -0.2) is 71.6 Å². The van der Waals surface area contributed by atoms with Gasteiger partial charge in [-0.1, -0.05) is 17.7 Å². The van der Waals surface area contributed by atoms with Crippen molar-refractivity contribution in [1.29, 1.82) is 0 Å². The molecule has 0 atom stereocenters. The third kappa shape index (κ3) is 6.09. The molecule has 1 aliphatic rings. The Bertz CT molecular complexity index is 1300. The monoisotopic (exact) mass is 566 g/mol. The normalized spacial score (nSPS) is 13.8. The SMILES string of the molecule is COc1cc2c(CCN3CCN(c4cccc(Cl)c4C)CC3)nn(Cc3cnc[nH]3)c2cc1OC.Cl.Cl. The molecule has 0 spiro atoms. The number of anilines is 1. The largest absolute Gasteiger partial charge is 0.493 e. The molecule has 4 aromatic rings. The van der Waals surface area contributed by atoms with Gasteiger partial charge in [0.2, 0.25) is 0 Å². The molecule has 0 unspecified atom stereocenters. The molecule has 3 heterocycles. The number of ether oxygens (including phenoxy) is 2. The predicted molar refractivity (Wildman–Crippen MR) is 154 cm³/mol. The summed E-state index contributed by atoms with van der Waals surface area (Å²) < 4.78 is 13.1. The fraction of sp³-hybridized carbons (Fsp3) is 0.385. The van der Waals surface area contributed by atoms with Gasteiger partial charge in [-0.15, -0.1) is 24.8 Å². The number of halogens is 3. The molecule has 1 aliphatic heterocycles. The van der Waals surface area contributed by atoms with Crippen LogP contribution in [0.1, 0.15) is 17.0 Å². The molecule has 0 radical (unpaired) electrons. The molecule has 0 amide bonds. The third-order valence-corrected chi connectivity index (χ3v) is 7.23. The number of aromatic amines is 1. The topological polar surface area (TPSA) is 71.4 Å². The van der Waals surface area contributed by atoms with Crippen LogP contribution in [0.3, 0.4) is 0 Å². The molecule has 1 N–H and O–H groups in total. The van der Waals surface area contributed by atoms with Crippen LogP contribution in [0.15, 0.2) is 42.9 Å². The van der Waals surface area contributed by atoms with Crippen molar-refractivity contribution in [2.24, 2.45) is 0 Å². The number of aromatic nitrogens is 4. The summed E-state index contributed by atoms with van der Waals surface area (Å²) in [6.45, 7) is 7.66. The van der Waals surface area contributed by atoms with Crippen molar-refractivity contribution in [2.45, 2.75) is 19.9 Å². The average Bonchev–Trinajstić information content (AvgIpc) is 3.52. The van der Waals surface area contributed by atoms with Crippen molar-refractivity contribution in [3.05, 3.63) is 64.8 Å². The standard InChI is InChI=1S/C26H31ClN6O2.2ClH/c1-18-21(27)5-4-6-23(18)32-11-9-31(10-12-32)8-7-22-20-13-25(34-2)26(35-3)14-24(20)33(30-22)16-19-15-28-17-29-19;;/h4-6,13-15,17H,7-12,16H2,1-3H3,(H,28,29);2*1H. The van der Waals surface area contributed by atoms with E-state index in [9.17, 15) is 0 Å². The quantitative estimate of drug-likeness (QED) is 0.323. The fourth-order valence-corrected chi connectivity index (χ4v) is 4.99. The van der Waals surface area contributed by atoms with E-state index in [-0.39, 0.29) is 24.8 Å². The lowest BCUT2D eigenvalue weighted by Crippen LogP contribution is -2.47. The van der Waals surface area contributed by atoms with Gasteiger partial charge in [0, 0.05) is 67.5 Å². The van der Waals surface area contributed by atoms with Gasteiger partial charge in [-0.2, -0.15) is 5.10 Å². The van der Waals surface area contributed by atoms with E-state index < -0.39 is 0 Å². The van der Waals surface area contributed by atoms with Crippen molar-refractivity contribution >= 4 is 53.0 Å². The Morgan fingerprint density at radius 1 is 1.03 bits per heavy atom. The third-order valence-electron chi connectivity index (χ3n) is 6.82. The van der Waals surface area contributed by atoms with E-state index in [1.165, 1.54) is 5.69 Å². The molecule has 200 valence electrons. The first-order chi connectivity index (χ1) is 17.1. The zero-order chi connectivity index (χ0) is 24.4. The number of fused-ring (bicyclic) bond motifs is 1. The molecular formula is C26H33Cl3N6O2. The highest BCUT2D eigenvalue weighted by Gasteiger charge is 2.21. The van der Waals surface area contributed by atoms with Crippen molar-refractivity contribution in [3.63, 3.8) is 0 Å². The Morgan fingerprint density at radius 3 is 2.43 bits per heavy atom. The number of nitrogens with zero attached hydrogens (tertiary/aromatic N) is 5. The van der Waals surface area contributed by atoms with E-state index in [1.54, 1.807) is 20.5 Å². The van der Waals surface area contributed by atoms with Crippen molar-refractivity contribution in [2.75, 3.05) is 51.8 Å². The number of hydrogen-bond acceptors (Lipinski definition) is 6. The minimum atomic E-state index is 0. The maximum absolute atomic E-state index is 6.35. The Hall–Kier alpha value is -2.65. The smallest absolute Gasteiger partial charge is 0.162 e. The molecule has 2 aromatic carbocycles. The minimum Gasteiger partial charge on any atom is -0.493 e. The van der Waals surface area contributed by atoms with E-state index in [1.807, 2.05) is 35.1 Å². The highest BCUT2D eigenvalue weighted by molar-refractivity contribution is 6.31. The van der Waals surface area contributed by atoms with E-state index in [0.29, 0.717) is 18.0 Å². The molecule has 37 heavy (non-hydrogen) atoms. The van der Waals surface area contributed by atoms with Gasteiger partial charge in [0.1, 0.15) is 0 Å².